The normalized spacial score (nSPS) is 10.2. The van der Waals surface area contributed by atoms with Crippen molar-refractivity contribution in [2.24, 2.45) is 0 Å². The quantitative estimate of drug-likeness (QED) is 0.757. The monoisotopic (exact) mass is 352 g/mol. The fraction of sp³-hybridized carbons (Fsp3) is 0.111. The molecule has 1 aromatic heterocycles. The molecule has 0 unspecified atom stereocenters. The molecule has 0 fully saturated rings. The standard InChI is InChI=1S/C18H13FN4O3/c1-25-15-7-4-12(8-13(15)9-20)17(24)21-10-16-22-18(26-23-16)11-2-5-14(19)6-3-11/h2-8H,10H2,1H3,(H,21,24). The van der Waals surface area contributed by atoms with Crippen LogP contribution in [0, 0.1) is 17.1 Å². The molecule has 8 heteroatoms. The summed E-state index contributed by atoms with van der Waals surface area (Å²) in [4.78, 5) is 16.4. The second-order valence-electron chi connectivity index (χ2n) is 5.23. The van der Waals surface area contributed by atoms with Crippen LogP contribution < -0.4 is 10.1 Å². The zero-order chi connectivity index (χ0) is 18.5. The van der Waals surface area contributed by atoms with Crippen LogP contribution >= 0.6 is 0 Å². The predicted molar refractivity (Wildman–Crippen MR) is 88.6 cm³/mol. The van der Waals surface area contributed by atoms with E-state index >= 15 is 0 Å². The van der Waals surface area contributed by atoms with Gasteiger partial charge in [0.15, 0.2) is 5.82 Å². The van der Waals surface area contributed by atoms with E-state index in [1.165, 1.54) is 37.4 Å². The van der Waals surface area contributed by atoms with E-state index in [0.29, 0.717) is 16.9 Å². The minimum absolute atomic E-state index is 0.0391. The van der Waals surface area contributed by atoms with Gasteiger partial charge in [0.25, 0.3) is 11.8 Å². The molecule has 0 atom stereocenters. The van der Waals surface area contributed by atoms with Crippen LogP contribution in [-0.2, 0) is 6.54 Å². The number of nitriles is 1. The number of nitrogens with one attached hydrogen (secondary N) is 1. The minimum atomic E-state index is -0.391. The number of carbonyl (C=O) groups is 1. The Hall–Kier alpha value is -3.73. The molecule has 0 aliphatic rings. The molecule has 130 valence electrons. The zero-order valence-electron chi connectivity index (χ0n) is 13.7. The first-order chi connectivity index (χ1) is 12.6. The van der Waals surface area contributed by atoms with E-state index in [9.17, 15) is 9.18 Å². The third-order valence-electron chi connectivity index (χ3n) is 3.55. The number of halogens is 1. The van der Waals surface area contributed by atoms with E-state index in [1.807, 2.05) is 6.07 Å². The molecule has 0 bridgehead atoms. The molecular formula is C18H13FN4O3. The molecule has 0 radical (unpaired) electrons. The van der Waals surface area contributed by atoms with E-state index in [1.54, 1.807) is 12.1 Å². The number of benzene rings is 2. The maximum Gasteiger partial charge on any atom is 0.257 e. The van der Waals surface area contributed by atoms with Crippen LogP contribution in [0.3, 0.4) is 0 Å². The molecule has 2 aromatic carbocycles. The van der Waals surface area contributed by atoms with Crippen molar-refractivity contribution in [3.05, 3.63) is 65.2 Å². The average Bonchev–Trinajstić information content (AvgIpc) is 3.15. The first-order valence-electron chi connectivity index (χ1n) is 7.55. The molecule has 26 heavy (non-hydrogen) atoms. The van der Waals surface area contributed by atoms with E-state index < -0.39 is 5.91 Å². The summed E-state index contributed by atoms with van der Waals surface area (Å²) in [5.41, 5.74) is 1.15. The van der Waals surface area contributed by atoms with Crippen LogP contribution in [0.5, 0.6) is 5.75 Å². The molecule has 0 saturated heterocycles. The van der Waals surface area contributed by atoms with E-state index in [4.69, 9.17) is 14.5 Å². The Morgan fingerprint density at radius 1 is 1.31 bits per heavy atom. The molecule has 7 nitrogen and oxygen atoms in total. The lowest BCUT2D eigenvalue weighted by atomic mass is 10.1. The van der Waals surface area contributed by atoms with Crippen LogP contribution in [0.15, 0.2) is 47.0 Å². The lowest BCUT2D eigenvalue weighted by Crippen LogP contribution is -2.23. The summed E-state index contributed by atoms with van der Waals surface area (Å²) in [6, 6.07) is 12.1. The van der Waals surface area contributed by atoms with Gasteiger partial charge in [-0.05, 0) is 42.5 Å². The molecule has 1 heterocycles. The van der Waals surface area contributed by atoms with Gasteiger partial charge in [-0.2, -0.15) is 10.2 Å². The lowest BCUT2D eigenvalue weighted by Gasteiger charge is -2.06. The van der Waals surface area contributed by atoms with Crippen LogP contribution in [0.1, 0.15) is 21.7 Å². The maximum absolute atomic E-state index is 12.9. The van der Waals surface area contributed by atoms with Crippen LogP contribution in [0.4, 0.5) is 4.39 Å². The van der Waals surface area contributed by atoms with Crippen molar-refractivity contribution in [2.75, 3.05) is 7.11 Å². The number of hydrogen-bond acceptors (Lipinski definition) is 6. The smallest absolute Gasteiger partial charge is 0.257 e. The summed E-state index contributed by atoms with van der Waals surface area (Å²) >= 11 is 0. The molecule has 0 saturated carbocycles. The highest BCUT2D eigenvalue weighted by Crippen LogP contribution is 2.19. The van der Waals surface area contributed by atoms with Crippen molar-refractivity contribution in [2.45, 2.75) is 6.54 Å². The van der Waals surface area contributed by atoms with Crippen molar-refractivity contribution < 1.29 is 18.4 Å². The molecule has 3 rings (SSSR count). The van der Waals surface area contributed by atoms with Gasteiger partial charge < -0.3 is 14.6 Å². The first kappa shape index (κ1) is 17.1. The predicted octanol–water partition coefficient (Wildman–Crippen LogP) is 2.69. The van der Waals surface area contributed by atoms with Crippen molar-refractivity contribution in [3.63, 3.8) is 0 Å². The van der Waals surface area contributed by atoms with Gasteiger partial charge in [-0.1, -0.05) is 5.16 Å². The Bertz CT molecular complexity index is 977. The fourth-order valence-electron chi connectivity index (χ4n) is 2.23. The van der Waals surface area contributed by atoms with Crippen LogP contribution in [0.2, 0.25) is 0 Å². The van der Waals surface area contributed by atoms with Crippen molar-refractivity contribution in [1.29, 1.82) is 5.26 Å². The topological polar surface area (TPSA) is 101 Å². The van der Waals surface area contributed by atoms with Gasteiger partial charge in [-0.3, -0.25) is 4.79 Å². The highest BCUT2D eigenvalue weighted by Gasteiger charge is 2.13. The van der Waals surface area contributed by atoms with E-state index in [-0.39, 0.29) is 29.6 Å². The van der Waals surface area contributed by atoms with Crippen molar-refractivity contribution in [1.82, 2.24) is 15.5 Å². The Labute approximate surface area is 148 Å². The maximum atomic E-state index is 12.9. The van der Waals surface area contributed by atoms with Crippen LogP contribution in [0.25, 0.3) is 11.5 Å². The van der Waals surface area contributed by atoms with Gasteiger partial charge in [0, 0.05) is 11.1 Å². The number of amides is 1. The van der Waals surface area contributed by atoms with Gasteiger partial charge >= 0.3 is 0 Å². The number of ether oxygens (including phenoxy) is 1. The molecule has 0 spiro atoms. The number of methoxy groups -OCH3 is 1. The SMILES string of the molecule is COc1ccc(C(=O)NCc2noc(-c3ccc(F)cc3)n2)cc1C#N. The van der Waals surface area contributed by atoms with E-state index in [2.05, 4.69) is 15.5 Å². The third-order valence-corrected chi connectivity index (χ3v) is 3.55. The van der Waals surface area contributed by atoms with Gasteiger partial charge in [0.1, 0.15) is 17.6 Å². The van der Waals surface area contributed by atoms with E-state index in [0.717, 1.165) is 0 Å². The summed E-state index contributed by atoms with van der Waals surface area (Å²) in [6.45, 7) is 0.0391. The molecule has 0 aliphatic carbocycles. The number of aromatic nitrogens is 2. The molecule has 0 aliphatic heterocycles. The largest absolute Gasteiger partial charge is 0.495 e. The van der Waals surface area contributed by atoms with Gasteiger partial charge in [0.2, 0.25) is 0 Å². The summed E-state index contributed by atoms with van der Waals surface area (Å²) < 4.78 is 23.1. The number of rotatable bonds is 5. The second-order valence-corrected chi connectivity index (χ2v) is 5.23. The number of nitrogens with zero attached hydrogens (tertiary/aromatic N) is 3. The fourth-order valence-corrected chi connectivity index (χ4v) is 2.23. The van der Waals surface area contributed by atoms with Crippen LogP contribution in [-0.4, -0.2) is 23.2 Å². The molecule has 1 amide bonds. The summed E-state index contributed by atoms with van der Waals surface area (Å²) in [5.74, 6) is 0.137. The first-order valence-corrected chi connectivity index (χ1v) is 7.55. The van der Waals surface area contributed by atoms with Gasteiger partial charge in [-0.25, -0.2) is 4.39 Å². The van der Waals surface area contributed by atoms with Crippen molar-refractivity contribution >= 4 is 5.91 Å². The summed E-state index contributed by atoms with van der Waals surface area (Å²) in [5, 5.41) is 15.5. The van der Waals surface area contributed by atoms with Gasteiger partial charge in [0.05, 0.1) is 19.2 Å². The summed E-state index contributed by atoms with van der Waals surface area (Å²) in [7, 11) is 1.45. The number of carbonyl (C=O) groups excluding carboxylic acids is 1. The minimum Gasteiger partial charge on any atom is -0.495 e. The Morgan fingerprint density at radius 2 is 2.08 bits per heavy atom. The second kappa shape index (κ2) is 7.44. The number of hydrogen-bond donors (Lipinski definition) is 1. The molecule has 3 aromatic rings. The highest BCUT2D eigenvalue weighted by atomic mass is 19.1. The van der Waals surface area contributed by atoms with Gasteiger partial charge in [-0.15, -0.1) is 0 Å². The Kier molecular flexibility index (Phi) is 4.90. The Balaban J connectivity index is 1.67. The molecule has 1 N–H and O–H groups in total. The zero-order valence-corrected chi connectivity index (χ0v) is 13.7. The third kappa shape index (κ3) is 3.67. The van der Waals surface area contributed by atoms with Crippen molar-refractivity contribution in [3.8, 4) is 23.3 Å². The average molecular weight is 352 g/mol. The Morgan fingerprint density at radius 3 is 2.77 bits per heavy atom. The molecular weight excluding hydrogens is 339 g/mol. The summed E-state index contributed by atoms with van der Waals surface area (Å²) in [6.07, 6.45) is 0. The lowest BCUT2D eigenvalue weighted by molar-refractivity contribution is 0.0949. The highest BCUT2D eigenvalue weighted by molar-refractivity contribution is 5.94.